The van der Waals surface area contributed by atoms with Gasteiger partial charge < -0.3 is 9.32 Å². The Kier molecular flexibility index (Phi) is 5.22. The van der Waals surface area contributed by atoms with Crippen LogP contribution in [-0.2, 0) is 11.2 Å². The van der Waals surface area contributed by atoms with Crippen LogP contribution in [0, 0.1) is 12.8 Å². The molecule has 4 rings (SSSR count). The number of ketones is 1. The number of hydrogen-bond donors (Lipinski definition) is 0. The largest absolute Gasteiger partial charge is 0.439 e. The molecule has 0 bridgehead atoms. The summed E-state index contributed by atoms with van der Waals surface area (Å²) < 4.78 is 5.57. The maximum Gasteiger partial charge on any atom is 0.191 e. The number of fused-ring (bicyclic) bond motifs is 1. The summed E-state index contributed by atoms with van der Waals surface area (Å²) in [5, 5.41) is 1.95. The van der Waals surface area contributed by atoms with Crippen molar-refractivity contribution in [1.29, 1.82) is 0 Å². The number of oxazole rings is 1. The standard InChI is InChI=1S/C22H26N4O2/c1-14-23-13-22(28-14)20-9-16-8-18(24-11-17(16)12-25-20)10-21(27)15-4-6-19(7-5-15)26(2)3/h8-9,11-13,15,19H,4-7,10H2,1-3H3. The summed E-state index contributed by atoms with van der Waals surface area (Å²) >= 11 is 0. The molecule has 0 spiro atoms. The Labute approximate surface area is 165 Å². The molecule has 3 aromatic rings. The lowest BCUT2D eigenvalue weighted by Gasteiger charge is -2.31. The minimum absolute atomic E-state index is 0.166. The fourth-order valence-electron chi connectivity index (χ4n) is 4.03. The van der Waals surface area contributed by atoms with Crippen molar-refractivity contribution in [1.82, 2.24) is 19.9 Å². The molecular formula is C22H26N4O2. The van der Waals surface area contributed by atoms with Crippen LogP contribution in [0.2, 0.25) is 0 Å². The summed E-state index contributed by atoms with van der Waals surface area (Å²) in [6.07, 6.45) is 9.81. The highest BCUT2D eigenvalue weighted by Crippen LogP contribution is 2.28. The Morgan fingerprint density at radius 2 is 1.79 bits per heavy atom. The quantitative estimate of drug-likeness (QED) is 0.672. The van der Waals surface area contributed by atoms with Gasteiger partial charge in [0.15, 0.2) is 11.7 Å². The number of pyridine rings is 2. The van der Waals surface area contributed by atoms with Crippen LogP contribution in [0.4, 0.5) is 0 Å². The van der Waals surface area contributed by atoms with Gasteiger partial charge in [-0.05, 0) is 57.3 Å². The highest BCUT2D eigenvalue weighted by molar-refractivity contribution is 5.87. The van der Waals surface area contributed by atoms with Gasteiger partial charge in [0.05, 0.1) is 6.20 Å². The number of hydrogen-bond acceptors (Lipinski definition) is 6. The lowest BCUT2D eigenvalue weighted by molar-refractivity contribution is -0.123. The Balaban J connectivity index is 1.49. The molecule has 1 aliphatic rings. The van der Waals surface area contributed by atoms with E-state index in [-0.39, 0.29) is 5.92 Å². The van der Waals surface area contributed by atoms with Crippen LogP contribution < -0.4 is 0 Å². The Bertz CT molecular complexity index is 987. The normalized spacial score (nSPS) is 20.0. The average Bonchev–Trinajstić information content (AvgIpc) is 3.14. The van der Waals surface area contributed by atoms with Gasteiger partial charge >= 0.3 is 0 Å². The van der Waals surface area contributed by atoms with Crippen LogP contribution in [0.25, 0.3) is 22.2 Å². The molecule has 6 nitrogen and oxygen atoms in total. The molecule has 146 valence electrons. The monoisotopic (exact) mass is 378 g/mol. The molecule has 0 amide bonds. The van der Waals surface area contributed by atoms with Gasteiger partial charge in [-0.15, -0.1) is 0 Å². The van der Waals surface area contributed by atoms with Crippen LogP contribution in [-0.4, -0.2) is 45.8 Å². The molecular weight excluding hydrogens is 352 g/mol. The van der Waals surface area contributed by atoms with Gasteiger partial charge in [0.2, 0.25) is 0 Å². The average molecular weight is 378 g/mol. The van der Waals surface area contributed by atoms with E-state index in [1.807, 2.05) is 19.1 Å². The van der Waals surface area contributed by atoms with Crippen molar-refractivity contribution in [3.63, 3.8) is 0 Å². The number of aromatic nitrogens is 3. The van der Waals surface area contributed by atoms with E-state index in [4.69, 9.17) is 4.42 Å². The van der Waals surface area contributed by atoms with E-state index in [0.717, 1.165) is 47.8 Å². The molecule has 0 saturated heterocycles. The molecule has 3 aromatic heterocycles. The number of aryl methyl sites for hydroxylation is 1. The zero-order chi connectivity index (χ0) is 19.7. The summed E-state index contributed by atoms with van der Waals surface area (Å²) in [7, 11) is 4.24. The van der Waals surface area contributed by atoms with Crippen molar-refractivity contribution in [2.75, 3.05) is 14.1 Å². The summed E-state index contributed by atoms with van der Waals surface area (Å²) in [6, 6.07) is 4.56. The first kappa shape index (κ1) is 18.7. The van der Waals surface area contributed by atoms with Gasteiger partial charge in [-0.1, -0.05) is 0 Å². The topological polar surface area (TPSA) is 72.1 Å². The van der Waals surface area contributed by atoms with E-state index >= 15 is 0 Å². The summed E-state index contributed by atoms with van der Waals surface area (Å²) in [6.45, 7) is 1.81. The Hall–Kier alpha value is -2.60. The number of carbonyl (C=O) groups excluding carboxylic acids is 1. The first-order valence-corrected chi connectivity index (χ1v) is 9.86. The van der Waals surface area contributed by atoms with E-state index in [9.17, 15) is 4.79 Å². The van der Waals surface area contributed by atoms with Gasteiger partial charge in [0, 0.05) is 48.8 Å². The summed E-state index contributed by atoms with van der Waals surface area (Å²) in [4.78, 5) is 28.1. The van der Waals surface area contributed by atoms with Gasteiger partial charge in [-0.25, -0.2) is 4.98 Å². The molecule has 0 unspecified atom stereocenters. The predicted molar refractivity (Wildman–Crippen MR) is 108 cm³/mol. The molecule has 0 aliphatic heterocycles. The third-order valence-electron chi connectivity index (χ3n) is 5.77. The molecule has 0 radical (unpaired) electrons. The van der Waals surface area contributed by atoms with Crippen molar-refractivity contribution >= 4 is 16.6 Å². The second-order valence-electron chi connectivity index (χ2n) is 7.95. The Morgan fingerprint density at radius 1 is 1.04 bits per heavy atom. The molecule has 3 heterocycles. The van der Waals surface area contributed by atoms with Gasteiger partial charge in [0.1, 0.15) is 11.5 Å². The number of Topliss-reactive ketones (excluding diaryl/α,β-unsaturated/α-hetero) is 1. The molecule has 28 heavy (non-hydrogen) atoms. The number of nitrogens with zero attached hydrogens (tertiary/aromatic N) is 4. The zero-order valence-electron chi connectivity index (χ0n) is 16.7. The van der Waals surface area contributed by atoms with Crippen molar-refractivity contribution in [2.45, 2.75) is 45.1 Å². The van der Waals surface area contributed by atoms with E-state index in [1.54, 1.807) is 18.6 Å². The Morgan fingerprint density at radius 3 is 2.46 bits per heavy atom. The van der Waals surface area contributed by atoms with Crippen LogP contribution in [0.1, 0.15) is 37.3 Å². The van der Waals surface area contributed by atoms with Gasteiger partial charge in [-0.2, -0.15) is 0 Å². The number of rotatable bonds is 5. The van der Waals surface area contributed by atoms with Crippen molar-refractivity contribution < 1.29 is 9.21 Å². The second-order valence-corrected chi connectivity index (χ2v) is 7.95. The van der Waals surface area contributed by atoms with Crippen LogP contribution >= 0.6 is 0 Å². The van der Waals surface area contributed by atoms with Crippen molar-refractivity contribution in [3.05, 3.63) is 42.3 Å². The van der Waals surface area contributed by atoms with E-state index < -0.39 is 0 Å². The van der Waals surface area contributed by atoms with Gasteiger partial charge in [-0.3, -0.25) is 14.8 Å². The van der Waals surface area contributed by atoms with E-state index in [1.165, 1.54) is 0 Å². The minimum Gasteiger partial charge on any atom is -0.439 e. The number of carbonyl (C=O) groups is 1. The van der Waals surface area contributed by atoms with E-state index in [2.05, 4.69) is 33.9 Å². The molecule has 1 fully saturated rings. The van der Waals surface area contributed by atoms with Crippen LogP contribution in [0.5, 0.6) is 0 Å². The molecule has 0 aromatic carbocycles. The van der Waals surface area contributed by atoms with E-state index in [0.29, 0.717) is 29.9 Å². The summed E-state index contributed by atoms with van der Waals surface area (Å²) in [5.41, 5.74) is 1.55. The maximum absolute atomic E-state index is 12.8. The van der Waals surface area contributed by atoms with Gasteiger partial charge in [0.25, 0.3) is 0 Å². The summed E-state index contributed by atoms with van der Waals surface area (Å²) in [5.74, 6) is 1.73. The highest BCUT2D eigenvalue weighted by Gasteiger charge is 2.27. The molecule has 0 N–H and O–H groups in total. The molecule has 1 saturated carbocycles. The first-order chi connectivity index (χ1) is 13.5. The highest BCUT2D eigenvalue weighted by atomic mass is 16.4. The SMILES string of the molecule is Cc1ncc(-c2cc3cc(CC(=O)C4CCC(N(C)C)CC4)ncc3cn2)o1. The third kappa shape index (κ3) is 3.97. The lowest BCUT2D eigenvalue weighted by atomic mass is 9.82. The molecule has 1 aliphatic carbocycles. The molecule has 0 atom stereocenters. The minimum atomic E-state index is 0.166. The third-order valence-corrected chi connectivity index (χ3v) is 5.77. The second kappa shape index (κ2) is 7.80. The fourth-order valence-corrected chi connectivity index (χ4v) is 4.03. The molecule has 6 heteroatoms. The smallest absolute Gasteiger partial charge is 0.191 e. The van der Waals surface area contributed by atoms with Crippen LogP contribution in [0.15, 0.2) is 35.1 Å². The maximum atomic E-state index is 12.8. The van der Waals surface area contributed by atoms with Crippen LogP contribution in [0.3, 0.4) is 0 Å². The van der Waals surface area contributed by atoms with Crippen molar-refractivity contribution in [2.24, 2.45) is 5.92 Å². The van der Waals surface area contributed by atoms with Crippen molar-refractivity contribution in [3.8, 4) is 11.5 Å². The fraction of sp³-hybridized carbons (Fsp3) is 0.455. The zero-order valence-corrected chi connectivity index (χ0v) is 16.7. The lowest BCUT2D eigenvalue weighted by Crippen LogP contribution is -2.34. The predicted octanol–water partition coefficient (Wildman–Crippen LogP) is 3.83. The first-order valence-electron chi connectivity index (χ1n) is 9.86.